The van der Waals surface area contributed by atoms with Gasteiger partial charge in [0, 0.05) is 12.1 Å². The summed E-state index contributed by atoms with van der Waals surface area (Å²) in [4.78, 5) is 0. The van der Waals surface area contributed by atoms with Crippen LogP contribution in [0.2, 0.25) is 0 Å². The Kier molecular flexibility index (Phi) is 5.54. The van der Waals surface area contributed by atoms with Crippen molar-refractivity contribution < 1.29 is 0 Å². The summed E-state index contributed by atoms with van der Waals surface area (Å²) >= 11 is 0. The van der Waals surface area contributed by atoms with Gasteiger partial charge in [0.25, 0.3) is 0 Å². The van der Waals surface area contributed by atoms with Gasteiger partial charge >= 0.3 is 0 Å². The Balaban J connectivity index is 2.10. The molecule has 0 aromatic rings. The van der Waals surface area contributed by atoms with E-state index in [2.05, 4.69) is 26.1 Å². The lowest BCUT2D eigenvalue weighted by molar-refractivity contribution is 0.380. The average molecular weight is 197 g/mol. The van der Waals surface area contributed by atoms with Crippen LogP contribution in [0, 0.1) is 5.92 Å². The van der Waals surface area contributed by atoms with Crippen molar-refractivity contribution in [2.24, 2.45) is 5.92 Å². The molecule has 2 atom stereocenters. The Morgan fingerprint density at radius 2 is 2.00 bits per heavy atom. The molecule has 84 valence electrons. The second-order valence-corrected chi connectivity index (χ2v) is 4.99. The first-order valence-corrected chi connectivity index (χ1v) is 6.52. The molecule has 14 heavy (non-hydrogen) atoms. The summed E-state index contributed by atoms with van der Waals surface area (Å²) in [6.45, 7) is 6.92. The molecule has 2 unspecified atom stereocenters. The molecule has 1 aliphatic carbocycles. The maximum atomic E-state index is 3.77. The van der Waals surface area contributed by atoms with Crippen LogP contribution in [-0.2, 0) is 0 Å². The molecule has 1 saturated carbocycles. The van der Waals surface area contributed by atoms with Gasteiger partial charge in [-0.2, -0.15) is 0 Å². The largest absolute Gasteiger partial charge is 0.312 e. The Hall–Kier alpha value is -0.0400. The van der Waals surface area contributed by atoms with Crippen LogP contribution in [0.15, 0.2) is 0 Å². The van der Waals surface area contributed by atoms with Gasteiger partial charge in [0.1, 0.15) is 0 Å². The number of unbranched alkanes of at least 4 members (excludes halogenated alkanes) is 1. The van der Waals surface area contributed by atoms with E-state index in [0.29, 0.717) is 0 Å². The second-order valence-electron chi connectivity index (χ2n) is 4.99. The number of hydrogen-bond donors (Lipinski definition) is 1. The fourth-order valence-corrected chi connectivity index (χ4v) is 2.10. The summed E-state index contributed by atoms with van der Waals surface area (Å²) < 4.78 is 0. The summed E-state index contributed by atoms with van der Waals surface area (Å²) in [5, 5.41) is 3.77. The van der Waals surface area contributed by atoms with Crippen molar-refractivity contribution in [1.29, 1.82) is 0 Å². The topological polar surface area (TPSA) is 12.0 Å². The predicted octanol–water partition coefficient (Wildman–Crippen LogP) is 3.73. The molecule has 1 N–H and O–H groups in total. The van der Waals surface area contributed by atoms with E-state index in [1.165, 1.54) is 44.9 Å². The number of hydrogen-bond acceptors (Lipinski definition) is 1. The van der Waals surface area contributed by atoms with Gasteiger partial charge in [-0.3, -0.25) is 0 Å². The van der Waals surface area contributed by atoms with E-state index in [0.717, 1.165) is 18.0 Å². The van der Waals surface area contributed by atoms with Gasteiger partial charge in [-0.1, -0.05) is 39.5 Å². The molecule has 0 radical (unpaired) electrons. The van der Waals surface area contributed by atoms with Crippen molar-refractivity contribution >= 4 is 0 Å². The Labute approximate surface area is 89.7 Å². The van der Waals surface area contributed by atoms with Crippen LogP contribution in [0.4, 0.5) is 0 Å². The molecular formula is C13H27N. The standard InChI is InChI=1S/C13H27N/c1-4-6-7-11(3)14-13(5-2)10-12-8-9-12/h11-14H,4-10H2,1-3H3. The van der Waals surface area contributed by atoms with E-state index in [9.17, 15) is 0 Å². The fraction of sp³-hybridized carbons (Fsp3) is 1.00. The Morgan fingerprint density at radius 3 is 2.50 bits per heavy atom. The lowest BCUT2D eigenvalue weighted by atomic mass is 10.0. The van der Waals surface area contributed by atoms with Crippen molar-refractivity contribution in [2.75, 3.05) is 0 Å². The molecule has 0 bridgehead atoms. The molecule has 0 saturated heterocycles. The quantitative estimate of drug-likeness (QED) is 0.625. The first kappa shape index (κ1) is 12.0. The van der Waals surface area contributed by atoms with Crippen LogP contribution in [0.3, 0.4) is 0 Å². The SMILES string of the molecule is CCCCC(C)NC(CC)CC1CC1. The minimum absolute atomic E-state index is 0.721. The number of rotatable bonds is 8. The summed E-state index contributed by atoms with van der Waals surface area (Å²) in [6.07, 6.45) is 9.74. The lowest BCUT2D eigenvalue weighted by Crippen LogP contribution is -2.36. The summed E-state index contributed by atoms with van der Waals surface area (Å²) in [5.74, 6) is 1.06. The Bertz CT molecular complexity index is 140. The summed E-state index contributed by atoms with van der Waals surface area (Å²) in [6, 6.07) is 1.51. The zero-order chi connectivity index (χ0) is 10.4. The molecule has 0 amide bonds. The van der Waals surface area contributed by atoms with Crippen molar-refractivity contribution in [3.63, 3.8) is 0 Å². The van der Waals surface area contributed by atoms with Gasteiger partial charge in [-0.15, -0.1) is 0 Å². The molecule has 0 aliphatic heterocycles. The van der Waals surface area contributed by atoms with Gasteiger partial charge in [-0.25, -0.2) is 0 Å². The highest BCUT2D eigenvalue weighted by Gasteiger charge is 2.24. The van der Waals surface area contributed by atoms with Gasteiger partial charge in [0.15, 0.2) is 0 Å². The average Bonchev–Trinajstić information content (AvgIpc) is 2.97. The van der Waals surface area contributed by atoms with Gasteiger partial charge in [-0.05, 0) is 32.1 Å². The Morgan fingerprint density at radius 1 is 1.29 bits per heavy atom. The third-order valence-electron chi connectivity index (χ3n) is 3.32. The van der Waals surface area contributed by atoms with Crippen LogP contribution < -0.4 is 5.32 Å². The zero-order valence-corrected chi connectivity index (χ0v) is 10.2. The van der Waals surface area contributed by atoms with E-state index in [-0.39, 0.29) is 0 Å². The van der Waals surface area contributed by atoms with Gasteiger partial charge < -0.3 is 5.32 Å². The molecule has 0 aromatic carbocycles. The fourth-order valence-electron chi connectivity index (χ4n) is 2.10. The van der Waals surface area contributed by atoms with E-state index in [4.69, 9.17) is 0 Å². The molecule has 1 heteroatoms. The van der Waals surface area contributed by atoms with Crippen molar-refractivity contribution in [3.8, 4) is 0 Å². The minimum Gasteiger partial charge on any atom is -0.312 e. The highest BCUT2D eigenvalue weighted by atomic mass is 14.9. The van der Waals surface area contributed by atoms with E-state index in [1.54, 1.807) is 0 Å². The third-order valence-corrected chi connectivity index (χ3v) is 3.32. The first-order chi connectivity index (χ1) is 6.76. The molecule has 0 spiro atoms. The molecule has 1 nitrogen and oxygen atoms in total. The van der Waals surface area contributed by atoms with E-state index < -0.39 is 0 Å². The van der Waals surface area contributed by atoms with Gasteiger partial charge in [0.05, 0.1) is 0 Å². The zero-order valence-electron chi connectivity index (χ0n) is 10.2. The van der Waals surface area contributed by atoms with Crippen LogP contribution in [0.5, 0.6) is 0 Å². The van der Waals surface area contributed by atoms with Gasteiger partial charge in [0.2, 0.25) is 0 Å². The normalized spacial score (nSPS) is 20.8. The van der Waals surface area contributed by atoms with E-state index >= 15 is 0 Å². The van der Waals surface area contributed by atoms with Crippen LogP contribution in [0.25, 0.3) is 0 Å². The summed E-state index contributed by atoms with van der Waals surface area (Å²) in [7, 11) is 0. The van der Waals surface area contributed by atoms with Crippen molar-refractivity contribution in [3.05, 3.63) is 0 Å². The molecule has 0 aromatic heterocycles. The molecular weight excluding hydrogens is 170 g/mol. The van der Waals surface area contributed by atoms with Crippen LogP contribution in [-0.4, -0.2) is 12.1 Å². The van der Waals surface area contributed by atoms with Crippen molar-refractivity contribution in [1.82, 2.24) is 5.32 Å². The predicted molar refractivity (Wildman–Crippen MR) is 63.5 cm³/mol. The maximum absolute atomic E-state index is 3.77. The smallest absolute Gasteiger partial charge is 0.00695 e. The monoisotopic (exact) mass is 197 g/mol. The maximum Gasteiger partial charge on any atom is 0.00695 e. The first-order valence-electron chi connectivity index (χ1n) is 6.52. The minimum atomic E-state index is 0.721. The highest BCUT2D eigenvalue weighted by Crippen LogP contribution is 2.34. The second kappa shape index (κ2) is 6.44. The highest BCUT2D eigenvalue weighted by molar-refractivity contribution is 4.80. The third kappa shape index (κ3) is 4.99. The van der Waals surface area contributed by atoms with Crippen LogP contribution >= 0.6 is 0 Å². The number of nitrogens with one attached hydrogen (secondary N) is 1. The van der Waals surface area contributed by atoms with E-state index in [1.807, 2.05) is 0 Å². The molecule has 1 rings (SSSR count). The lowest BCUT2D eigenvalue weighted by Gasteiger charge is -2.22. The molecule has 1 fully saturated rings. The summed E-state index contributed by atoms with van der Waals surface area (Å²) in [5.41, 5.74) is 0. The van der Waals surface area contributed by atoms with Crippen molar-refractivity contribution in [2.45, 2.75) is 77.8 Å². The van der Waals surface area contributed by atoms with Crippen LogP contribution in [0.1, 0.15) is 65.7 Å². The molecule has 1 aliphatic rings. The molecule has 0 heterocycles.